The molecule has 1 fully saturated rings. The molecule has 28 heavy (non-hydrogen) atoms. The molecular formula is C21H22ClN3O3. The summed E-state index contributed by atoms with van der Waals surface area (Å²) < 4.78 is 5.66. The standard InChI is InChI=1S/C21H22ClN3O3/c1-14-21(27)25(17-8-4-5-9-19(17)28-14)13-20(26)24-11-10-23-12-18(24)15-6-2-3-7-16(15)22/h2-9,14,18,23H,10-13H2,1H3. The van der Waals surface area contributed by atoms with Crippen LogP contribution in [0, 0.1) is 0 Å². The zero-order valence-electron chi connectivity index (χ0n) is 15.6. The number of hydrogen-bond acceptors (Lipinski definition) is 4. The van der Waals surface area contributed by atoms with Crippen LogP contribution < -0.4 is 15.0 Å². The predicted octanol–water partition coefficient (Wildman–Crippen LogP) is 2.63. The first-order valence-corrected chi connectivity index (χ1v) is 9.75. The number of carbonyl (C=O) groups excluding carboxylic acids is 2. The van der Waals surface area contributed by atoms with Gasteiger partial charge in [-0.15, -0.1) is 0 Å². The number of nitrogens with one attached hydrogen (secondary N) is 1. The van der Waals surface area contributed by atoms with Gasteiger partial charge in [0, 0.05) is 24.7 Å². The minimum atomic E-state index is -0.620. The smallest absolute Gasteiger partial charge is 0.268 e. The van der Waals surface area contributed by atoms with Crippen LogP contribution in [0.25, 0.3) is 0 Å². The maximum Gasteiger partial charge on any atom is 0.268 e. The molecule has 2 aromatic rings. The first kappa shape index (κ1) is 18.8. The van der Waals surface area contributed by atoms with Gasteiger partial charge in [0.25, 0.3) is 5.91 Å². The quantitative estimate of drug-likeness (QED) is 0.861. The van der Waals surface area contributed by atoms with E-state index < -0.39 is 6.10 Å². The van der Waals surface area contributed by atoms with Crippen LogP contribution in [-0.4, -0.2) is 49.0 Å². The normalized spacial score (nSPS) is 21.9. The van der Waals surface area contributed by atoms with Crippen LogP contribution in [0.2, 0.25) is 5.02 Å². The summed E-state index contributed by atoms with van der Waals surface area (Å²) in [5, 5.41) is 3.96. The number of benzene rings is 2. The Morgan fingerprint density at radius 1 is 1.21 bits per heavy atom. The summed E-state index contributed by atoms with van der Waals surface area (Å²) in [6.45, 7) is 3.57. The van der Waals surface area contributed by atoms with Crippen molar-refractivity contribution >= 4 is 29.1 Å². The maximum absolute atomic E-state index is 13.2. The van der Waals surface area contributed by atoms with E-state index in [1.54, 1.807) is 13.0 Å². The molecule has 1 saturated heterocycles. The molecule has 2 unspecified atom stereocenters. The van der Waals surface area contributed by atoms with E-state index in [0.717, 1.165) is 5.56 Å². The van der Waals surface area contributed by atoms with Gasteiger partial charge < -0.3 is 15.0 Å². The van der Waals surface area contributed by atoms with Gasteiger partial charge in [-0.25, -0.2) is 0 Å². The Morgan fingerprint density at radius 2 is 1.96 bits per heavy atom. The largest absolute Gasteiger partial charge is 0.479 e. The summed E-state index contributed by atoms with van der Waals surface area (Å²) in [5.74, 6) is 0.297. The van der Waals surface area contributed by atoms with E-state index in [4.69, 9.17) is 16.3 Å². The van der Waals surface area contributed by atoms with Crippen molar-refractivity contribution < 1.29 is 14.3 Å². The number of nitrogens with zero attached hydrogens (tertiary/aromatic N) is 2. The van der Waals surface area contributed by atoms with Crippen LogP contribution in [0.3, 0.4) is 0 Å². The molecule has 0 spiro atoms. The molecule has 1 N–H and O–H groups in total. The molecule has 146 valence electrons. The molecule has 0 aliphatic carbocycles. The second kappa shape index (κ2) is 7.81. The van der Waals surface area contributed by atoms with Crippen molar-refractivity contribution in [2.24, 2.45) is 0 Å². The van der Waals surface area contributed by atoms with Crippen molar-refractivity contribution in [2.75, 3.05) is 31.1 Å². The predicted molar refractivity (Wildman–Crippen MR) is 108 cm³/mol. The fourth-order valence-corrected chi connectivity index (χ4v) is 4.04. The van der Waals surface area contributed by atoms with E-state index >= 15 is 0 Å². The van der Waals surface area contributed by atoms with Gasteiger partial charge in [0.2, 0.25) is 5.91 Å². The Kier molecular flexibility index (Phi) is 5.24. The average Bonchev–Trinajstić information content (AvgIpc) is 2.71. The zero-order chi connectivity index (χ0) is 19.7. The molecular weight excluding hydrogens is 378 g/mol. The number of para-hydroxylation sites is 2. The number of piperazine rings is 1. The summed E-state index contributed by atoms with van der Waals surface area (Å²) in [5.41, 5.74) is 1.54. The van der Waals surface area contributed by atoms with Gasteiger partial charge in [-0.2, -0.15) is 0 Å². The van der Waals surface area contributed by atoms with Gasteiger partial charge in [0.15, 0.2) is 6.10 Å². The van der Waals surface area contributed by atoms with E-state index in [-0.39, 0.29) is 24.4 Å². The minimum Gasteiger partial charge on any atom is -0.479 e. The van der Waals surface area contributed by atoms with Gasteiger partial charge >= 0.3 is 0 Å². The molecule has 0 aromatic heterocycles. The Hall–Kier alpha value is -2.57. The van der Waals surface area contributed by atoms with Crippen molar-refractivity contribution in [3.05, 3.63) is 59.1 Å². The summed E-state index contributed by atoms with van der Waals surface area (Å²) in [6.07, 6.45) is -0.620. The molecule has 0 saturated carbocycles. The molecule has 2 atom stereocenters. The highest BCUT2D eigenvalue weighted by molar-refractivity contribution is 6.31. The molecule has 7 heteroatoms. The Balaban J connectivity index is 1.60. The number of hydrogen-bond donors (Lipinski definition) is 1. The number of amides is 2. The van der Waals surface area contributed by atoms with Gasteiger partial charge in [-0.3, -0.25) is 14.5 Å². The summed E-state index contributed by atoms with van der Waals surface area (Å²) in [4.78, 5) is 29.3. The molecule has 2 aromatic carbocycles. The third-order valence-electron chi connectivity index (χ3n) is 5.19. The SMILES string of the molecule is CC1Oc2ccccc2N(CC(=O)N2CCNCC2c2ccccc2Cl)C1=O. The van der Waals surface area contributed by atoms with E-state index in [1.807, 2.05) is 47.4 Å². The number of ether oxygens (including phenoxy) is 1. The minimum absolute atomic E-state index is 0.0233. The number of halogens is 1. The number of anilines is 1. The van der Waals surface area contributed by atoms with Crippen LogP contribution in [0.5, 0.6) is 5.75 Å². The van der Waals surface area contributed by atoms with Crippen molar-refractivity contribution in [3.63, 3.8) is 0 Å². The third kappa shape index (κ3) is 3.45. The second-order valence-corrected chi connectivity index (χ2v) is 7.39. The maximum atomic E-state index is 13.2. The van der Waals surface area contributed by atoms with Crippen molar-refractivity contribution in [3.8, 4) is 5.75 Å². The Morgan fingerprint density at radius 3 is 2.79 bits per heavy atom. The highest BCUT2D eigenvalue weighted by Crippen LogP contribution is 2.34. The molecule has 4 rings (SSSR count). The average molecular weight is 400 g/mol. The van der Waals surface area contributed by atoms with Crippen molar-refractivity contribution in [1.29, 1.82) is 0 Å². The Bertz CT molecular complexity index is 904. The van der Waals surface area contributed by atoms with Gasteiger partial charge in [-0.1, -0.05) is 41.9 Å². The molecule has 2 aliphatic heterocycles. The lowest BCUT2D eigenvalue weighted by Gasteiger charge is -2.39. The highest BCUT2D eigenvalue weighted by atomic mass is 35.5. The first-order chi connectivity index (χ1) is 13.6. The molecule has 6 nitrogen and oxygen atoms in total. The van der Waals surface area contributed by atoms with Gasteiger partial charge in [0.05, 0.1) is 11.7 Å². The Labute approximate surface area is 169 Å². The lowest BCUT2D eigenvalue weighted by Crippen LogP contribution is -2.54. The summed E-state index contributed by atoms with van der Waals surface area (Å²) in [6, 6.07) is 14.7. The van der Waals surface area contributed by atoms with Gasteiger partial charge in [-0.05, 0) is 30.7 Å². The van der Waals surface area contributed by atoms with Gasteiger partial charge in [0.1, 0.15) is 12.3 Å². The van der Waals surface area contributed by atoms with Crippen LogP contribution in [0.4, 0.5) is 5.69 Å². The van der Waals surface area contributed by atoms with E-state index in [1.165, 1.54) is 4.90 Å². The summed E-state index contributed by atoms with van der Waals surface area (Å²) in [7, 11) is 0. The van der Waals surface area contributed by atoms with Crippen LogP contribution >= 0.6 is 11.6 Å². The summed E-state index contributed by atoms with van der Waals surface area (Å²) >= 11 is 6.38. The molecule has 2 heterocycles. The second-order valence-electron chi connectivity index (χ2n) is 6.98. The van der Waals surface area contributed by atoms with Crippen LogP contribution in [0.15, 0.2) is 48.5 Å². The molecule has 2 aliphatic rings. The number of carbonyl (C=O) groups is 2. The van der Waals surface area contributed by atoms with Crippen molar-refractivity contribution in [1.82, 2.24) is 10.2 Å². The third-order valence-corrected chi connectivity index (χ3v) is 5.54. The first-order valence-electron chi connectivity index (χ1n) is 9.38. The fraction of sp³-hybridized carbons (Fsp3) is 0.333. The van der Waals surface area contributed by atoms with Crippen LogP contribution in [-0.2, 0) is 9.59 Å². The molecule has 0 bridgehead atoms. The monoisotopic (exact) mass is 399 g/mol. The lowest BCUT2D eigenvalue weighted by atomic mass is 10.0. The van der Waals surface area contributed by atoms with E-state index in [0.29, 0.717) is 36.1 Å². The van der Waals surface area contributed by atoms with Crippen molar-refractivity contribution in [2.45, 2.75) is 19.1 Å². The number of fused-ring (bicyclic) bond motifs is 1. The number of rotatable bonds is 3. The highest BCUT2D eigenvalue weighted by Gasteiger charge is 2.36. The van der Waals surface area contributed by atoms with E-state index in [9.17, 15) is 9.59 Å². The van der Waals surface area contributed by atoms with Crippen LogP contribution in [0.1, 0.15) is 18.5 Å². The topological polar surface area (TPSA) is 61.9 Å². The lowest BCUT2D eigenvalue weighted by molar-refractivity contribution is -0.135. The fourth-order valence-electron chi connectivity index (χ4n) is 3.77. The zero-order valence-corrected chi connectivity index (χ0v) is 16.4. The molecule has 0 radical (unpaired) electrons. The van der Waals surface area contributed by atoms with E-state index in [2.05, 4.69) is 5.32 Å². The molecule has 2 amide bonds.